The first-order valence-electron chi connectivity index (χ1n) is 8.53. The number of nitrogens with zero attached hydrogens (tertiary/aromatic N) is 3. The second-order valence-corrected chi connectivity index (χ2v) is 6.66. The van der Waals surface area contributed by atoms with Gasteiger partial charge in [-0.05, 0) is 43.5 Å². The first kappa shape index (κ1) is 19.7. The van der Waals surface area contributed by atoms with Crippen molar-refractivity contribution < 1.29 is 22.5 Å². The van der Waals surface area contributed by atoms with Gasteiger partial charge in [0.25, 0.3) is 5.91 Å². The molecule has 3 heterocycles. The van der Waals surface area contributed by atoms with Gasteiger partial charge in [-0.3, -0.25) is 9.78 Å². The van der Waals surface area contributed by atoms with Crippen molar-refractivity contribution in [3.05, 3.63) is 70.1 Å². The first-order valence-corrected chi connectivity index (χ1v) is 8.53. The Balaban J connectivity index is 1.95. The lowest BCUT2D eigenvalue weighted by Gasteiger charge is -2.13. The summed E-state index contributed by atoms with van der Waals surface area (Å²) in [4.78, 5) is 15.5. The van der Waals surface area contributed by atoms with E-state index in [9.17, 15) is 18.0 Å². The van der Waals surface area contributed by atoms with Crippen LogP contribution in [0.4, 0.5) is 13.2 Å². The molecule has 3 aromatic rings. The SMILES string of the molecule is Cc1cc(C(C)n2cc(Cc3ccc(C(F)(F)F)nc3)c(C)c2C(N)=O)no1. The van der Waals surface area contributed by atoms with E-state index in [1.807, 2.05) is 6.92 Å². The number of rotatable bonds is 5. The summed E-state index contributed by atoms with van der Waals surface area (Å²) in [6.07, 6.45) is -1.22. The first-order chi connectivity index (χ1) is 13.1. The third kappa shape index (κ3) is 3.78. The number of aromatic nitrogens is 3. The van der Waals surface area contributed by atoms with Crippen LogP contribution < -0.4 is 5.73 Å². The molecule has 0 bridgehead atoms. The molecule has 2 N–H and O–H groups in total. The van der Waals surface area contributed by atoms with E-state index in [0.29, 0.717) is 34.7 Å². The van der Waals surface area contributed by atoms with Crippen molar-refractivity contribution >= 4 is 5.91 Å². The third-order valence-corrected chi connectivity index (χ3v) is 4.62. The number of hydrogen-bond acceptors (Lipinski definition) is 4. The predicted octanol–water partition coefficient (Wildman–Crippen LogP) is 3.81. The van der Waals surface area contributed by atoms with Crippen LogP contribution in [0.3, 0.4) is 0 Å². The van der Waals surface area contributed by atoms with Crippen molar-refractivity contribution in [2.24, 2.45) is 5.73 Å². The Morgan fingerprint density at radius 1 is 1.32 bits per heavy atom. The third-order valence-electron chi connectivity index (χ3n) is 4.62. The molecule has 9 heteroatoms. The molecule has 0 aromatic carbocycles. The molecule has 0 fully saturated rings. The molecule has 0 aliphatic carbocycles. The van der Waals surface area contributed by atoms with E-state index in [2.05, 4.69) is 10.1 Å². The highest BCUT2D eigenvalue weighted by atomic mass is 19.4. The number of pyridine rings is 1. The van der Waals surface area contributed by atoms with Gasteiger partial charge in [-0.25, -0.2) is 0 Å². The topological polar surface area (TPSA) is 86.9 Å². The normalized spacial score (nSPS) is 12.9. The summed E-state index contributed by atoms with van der Waals surface area (Å²) in [5.74, 6) is 0.0452. The second-order valence-electron chi connectivity index (χ2n) is 6.66. The van der Waals surface area contributed by atoms with Crippen molar-refractivity contribution in [1.82, 2.24) is 14.7 Å². The zero-order valence-corrected chi connectivity index (χ0v) is 15.5. The van der Waals surface area contributed by atoms with Crippen molar-refractivity contribution in [2.75, 3.05) is 0 Å². The molecular formula is C19H19F3N4O2. The van der Waals surface area contributed by atoms with Crippen LogP contribution >= 0.6 is 0 Å². The lowest BCUT2D eigenvalue weighted by molar-refractivity contribution is -0.141. The fourth-order valence-corrected chi connectivity index (χ4v) is 3.11. The standard InChI is InChI=1S/C19H19F3N4O2/c1-10-6-15(25-28-10)12(3)26-9-14(11(2)17(26)18(23)27)7-13-4-5-16(24-8-13)19(20,21)22/h4-6,8-9,12H,7H2,1-3H3,(H2,23,27). The van der Waals surface area contributed by atoms with E-state index >= 15 is 0 Å². The summed E-state index contributed by atoms with van der Waals surface area (Å²) in [6.45, 7) is 5.37. The van der Waals surface area contributed by atoms with Crippen LogP contribution in [0.25, 0.3) is 0 Å². The minimum Gasteiger partial charge on any atom is -0.364 e. The number of nitrogens with two attached hydrogens (primary N) is 1. The summed E-state index contributed by atoms with van der Waals surface area (Å²) in [5.41, 5.74) is 7.61. The Hall–Kier alpha value is -3.10. The maximum Gasteiger partial charge on any atom is 0.433 e. The molecule has 0 spiro atoms. The highest BCUT2D eigenvalue weighted by Crippen LogP contribution is 2.29. The van der Waals surface area contributed by atoms with Gasteiger partial charge >= 0.3 is 6.18 Å². The van der Waals surface area contributed by atoms with Gasteiger partial charge in [0.1, 0.15) is 22.8 Å². The van der Waals surface area contributed by atoms with Gasteiger partial charge in [0.05, 0.1) is 6.04 Å². The highest BCUT2D eigenvalue weighted by molar-refractivity contribution is 5.93. The Morgan fingerprint density at radius 3 is 2.54 bits per heavy atom. The summed E-state index contributed by atoms with van der Waals surface area (Å²) < 4.78 is 44.8. The number of hydrogen-bond donors (Lipinski definition) is 1. The van der Waals surface area contributed by atoms with Crippen LogP contribution in [0.2, 0.25) is 0 Å². The van der Waals surface area contributed by atoms with Gasteiger partial charge in [-0.15, -0.1) is 0 Å². The Labute approximate surface area is 159 Å². The van der Waals surface area contributed by atoms with Crippen molar-refractivity contribution in [3.63, 3.8) is 0 Å². The fraction of sp³-hybridized carbons (Fsp3) is 0.316. The van der Waals surface area contributed by atoms with Crippen LogP contribution in [-0.2, 0) is 12.6 Å². The molecule has 0 saturated heterocycles. The van der Waals surface area contributed by atoms with Crippen LogP contribution in [-0.4, -0.2) is 20.6 Å². The largest absolute Gasteiger partial charge is 0.433 e. The van der Waals surface area contributed by atoms with E-state index < -0.39 is 17.8 Å². The summed E-state index contributed by atoms with van der Waals surface area (Å²) in [7, 11) is 0. The number of aryl methyl sites for hydroxylation is 1. The van der Waals surface area contributed by atoms with Crippen molar-refractivity contribution in [2.45, 2.75) is 39.4 Å². The van der Waals surface area contributed by atoms with Crippen LogP contribution in [0.5, 0.6) is 0 Å². The molecule has 1 atom stereocenters. The number of amides is 1. The van der Waals surface area contributed by atoms with Gasteiger partial charge in [-0.2, -0.15) is 13.2 Å². The molecular weight excluding hydrogens is 373 g/mol. The smallest absolute Gasteiger partial charge is 0.364 e. The molecule has 28 heavy (non-hydrogen) atoms. The molecule has 6 nitrogen and oxygen atoms in total. The Morgan fingerprint density at radius 2 is 2.04 bits per heavy atom. The fourth-order valence-electron chi connectivity index (χ4n) is 3.11. The Bertz CT molecular complexity index is 1000. The van der Waals surface area contributed by atoms with E-state index in [1.165, 1.54) is 12.3 Å². The molecule has 3 rings (SSSR count). The molecule has 148 valence electrons. The van der Waals surface area contributed by atoms with E-state index in [1.54, 1.807) is 30.7 Å². The number of primary amides is 1. The molecule has 0 radical (unpaired) electrons. The molecule has 0 aliphatic rings. The zero-order valence-electron chi connectivity index (χ0n) is 15.5. The summed E-state index contributed by atoms with van der Waals surface area (Å²) in [5, 5.41) is 3.98. The number of carbonyl (C=O) groups is 1. The lowest BCUT2D eigenvalue weighted by atomic mass is 10.0. The maximum atomic E-state index is 12.7. The van der Waals surface area contributed by atoms with Crippen LogP contribution in [0.15, 0.2) is 35.1 Å². The van der Waals surface area contributed by atoms with Gasteiger partial charge < -0.3 is 14.8 Å². The number of carbonyl (C=O) groups excluding carboxylic acids is 1. The lowest BCUT2D eigenvalue weighted by Crippen LogP contribution is -2.20. The van der Waals surface area contributed by atoms with Crippen LogP contribution in [0.1, 0.15) is 57.3 Å². The molecule has 0 aliphatic heterocycles. The minimum absolute atomic E-state index is 0.307. The molecule has 1 amide bonds. The quantitative estimate of drug-likeness (QED) is 0.715. The summed E-state index contributed by atoms with van der Waals surface area (Å²) in [6, 6.07) is 3.78. The average Bonchev–Trinajstić information content (AvgIpc) is 3.18. The van der Waals surface area contributed by atoms with E-state index in [-0.39, 0.29) is 6.04 Å². The molecule has 3 aromatic heterocycles. The van der Waals surface area contributed by atoms with Crippen molar-refractivity contribution in [3.8, 4) is 0 Å². The van der Waals surface area contributed by atoms with Gasteiger partial charge in [-0.1, -0.05) is 11.2 Å². The Kier molecular flexibility index (Phi) is 5.01. The monoisotopic (exact) mass is 392 g/mol. The minimum atomic E-state index is -4.48. The zero-order chi connectivity index (χ0) is 20.6. The van der Waals surface area contributed by atoms with E-state index in [0.717, 1.165) is 11.6 Å². The molecule has 1 unspecified atom stereocenters. The second kappa shape index (κ2) is 7.14. The predicted molar refractivity (Wildman–Crippen MR) is 94.8 cm³/mol. The summed E-state index contributed by atoms with van der Waals surface area (Å²) >= 11 is 0. The van der Waals surface area contributed by atoms with Gasteiger partial charge in [0.2, 0.25) is 0 Å². The van der Waals surface area contributed by atoms with Crippen molar-refractivity contribution in [1.29, 1.82) is 0 Å². The number of halogens is 3. The number of alkyl halides is 3. The molecule has 0 saturated carbocycles. The van der Waals surface area contributed by atoms with Crippen LogP contribution in [0, 0.1) is 13.8 Å². The van der Waals surface area contributed by atoms with Gasteiger partial charge in [0.15, 0.2) is 0 Å². The van der Waals surface area contributed by atoms with E-state index in [4.69, 9.17) is 10.3 Å². The average molecular weight is 392 g/mol. The maximum absolute atomic E-state index is 12.7. The van der Waals surface area contributed by atoms with Gasteiger partial charge in [0, 0.05) is 24.9 Å². The highest BCUT2D eigenvalue weighted by Gasteiger charge is 2.32.